The van der Waals surface area contributed by atoms with Gasteiger partial charge in [-0.15, -0.1) is 23.7 Å². The van der Waals surface area contributed by atoms with E-state index in [4.69, 9.17) is 5.73 Å². The van der Waals surface area contributed by atoms with Gasteiger partial charge in [0.05, 0.1) is 6.54 Å². The van der Waals surface area contributed by atoms with Crippen LogP contribution in [0.1, 0.15) is 29.7 Å². The van der Waals surface area contributed by atoms with Crippen molar-refractivity contribution in [1.82, 2.24) is 9.80 Å². The third-order valence-electron chi connectivity index (χ3n) is 4.70. The number of likely N-dealkylation sites (tertiary alicyclic amines) is 1. The molecule has 4 nitrogen and oxygen atoms in total. The van der Waals surface area contributed by atoms with Crippen LogP contribution in [0.3, 0.4) is 0 Å². The Hall–Kier alpha value is -0.620. The van der Waals surface area contributed by atoms with E-state index in [0.29, 0.717) is 18.4 Å². The number of rotatable bonds is 4. The van der Waals surface area contributed by atoms with E-state index in [9.17, 15) is 4.79 Å². The Morgan fingerprint density at radius 3 is 3.09 bits per heavy atom. The molecule has 0 aliphatic carbocycles. The van der Waals surface area contributed by atoms with E-state index in [1.807, 2.05) is 16.2 Å². The second-order valence-corrected chi connectivity index (χ2v) is 7.26. The summed E-state index contributed by atoms with van der Waals surface area (Å²) in [6, 6.07) is 2.16. The first-order chi connectivity index (χ1) is 10.3. The minimum absolute atomic E-state index is 0. The van der Waals surface area contributed by atoms with Crippen molar-refractivity contribution in [2.75, 3.05) is 32.7 Å². The maximum atomic E-state index is 12.5. The topological polar surface area (TPSA) is 49.6 Å². The number of halogens is 1. The van der Waals surface area contributed by atoms with Gasteiger partial charge in [-0.25, -0.2) is 0 Å². The molecule has 22 heavy (non-hydrogen) atoms. The Balaban J connectivity index is 0.00000176. The lowest BCUT2D eigenvalue weighted by atomic mass is 9.95. The molecule has 0 radical (unpaired) electrons. The lowest BCUT2D eigenvalue weighted by Gasteiger charge is -2.34. The molecule has 0 bridgehead atoms. The highest BCUT2D eigenvalue weighted by atomic mass is 35.5. The summed E-state index contributed by atoms with van der Waals surface area (Å²) < 4.78 is 0. The molecule has 2 aliphatic rings. The fourth-order valence-corrected chi connectivity index (χ4v) is 4.41. The summed E-state index contributed by atoms with van der Waals surface area (Å²) in [4.78, 5) is 18.3. The normalized spacial score (nSPS) is 22.0. The Labute approximate surface area is 143 Å². The van der Waals surface area contributed by atoms with Crippen molar-refractivity contribution >= 4 is 29.7 Å². The van der Waals surface area contributed by atoms with Gasteiger partial charge in [-0.1, -0.05) is 0 Å². The first kappa shape index (κ1) is 17.7. The molecule has 0 spiro atoms. The van der Waals surface area contributed by atoms with Crippen LogP contribution in [0.5, 0.6) is 0 Å². The summed E-state index contributed by atoms with van der Waals surface area (Å²) >= 11 is 1.82. The van der Waals surface area contributed by atoms with Crippen molar-refractivity contribution < 1.29 is 4.79 Å². The monoisotopic (exact) mass is 343 g/mol. The van der Waals surface area contributed by atoms with E-state index >= 15 is 0 Å². The SMILES string of the molecule is Cl.NCCC1CCCN(CC(=O)N2CCc3sccc3C2)C1. The number of nitrogens with zero attached hydrogens (tertiary/aromatic N) is 2. The third kappa shape index (κ3) is 4.22. The van der Waals surface area contributed by atoms with Gasteiger partial charge in [-0.2, -0.15) is 0 Å². The van der Waals surface area contributed by atoms with Gasteiger partial charge in [0.15, 0.2) is 0 Å². The zero-order valence-corrected chi connectivity index (χ0v) is 14.6. The zero-order valence-electron chi connectivity index (χ0n) is 13.0. The molecule has 0 aromatic carbocycles. The summed E-state index contributed by atoms with van der Waals surface area (Å²) in [5, 5.41) is 2.14. The van der Waals surface area contributed by atoms with Crippen LogP contribution >= 0.6 is 23.7 Å². The van der Waals surface area contributed by atoms with E-state index in [1.165, 1.54) is 23.3 Å². The fourth-order valence-electron chi connectivity index (χ4n) is 3.52. The predicted molar refractivity (Wildman–Crippen MR) is 93.5 cm³/mol. The molecule has 1 fully saturated rings. The summed E-state index contributed by atoms with van der Waals surface area (Å²) in [5.74, 6) is 0.974. The summed E-state index contributed by atoms with van der Waals surface area (Å²) in [5.41, 5.74) is 7.01. The number of amides is 1. The van der Waals surface area contributed by atoms with Crippen LogP contribution in [0, 0.1) is 5.92 Å². The Kier molecular flexibility index (Phi) is 6.68. The van der Waals surface area contributed by atoms with Gasteiger partial charge in [0, 0.05) is 24.5 Å². The molecule has 124 valence electrons. The number of fused-ring (bicyclic) bond motifs is 1. The molecule has 0 saturated carbocycles. The number of piperidine rings is 1. The van der Waals surface area contributed by atoms with Crippen LogP contribution in [0.2, 0.25) is 0 Å². The number of hydrogen-bond donors (Lipinski definition) is 1. The molecular formula is C16H26ClN3OS. The highest BCUT2D eigenvalue weighted by molar-refractivity contribution is 7.10. The predicted octanol–water partition coefficient (Wildman–Crippen LogP) is 2.12. The van der Waals surface area contributed by atoms with Crippen molar-refractivity contribution in [3.63, 3.8) is 0 Å². The van der Waals surface area contributed by atoms with Crippen LogP contribution in [-0.2, 0) is 17.8 Å². The molecule has 6 heteroatoms. The van der Waals surface area contributed by atoms with Crippen molar-refractivity contribution in [3.05, 3.63) is 21.9 Å². The van der Waals surface area contributed by atoms with Crippen LogP contribution < -0.4 is 5.73 Å². The maximum Gasteiger partial charge on any atom is 0.237 e. The molecule has 3 heterocycles. The number of thiophene rings is 1. The lowest BCUT2D eigenvalue weighted by Crippen LogP contribution is -2.45. The number of carbonyl (C=O) groups excluding carboxylic acids is 1. The van der Waals surface area contributed by atoms with Crippen molar-refractivity contribution in [1.29, 1.82) is 0 Å². The summed E-state index contributed by atoms with van der Waals surface area (Å²) in [6.07, 6.45) is 4.58. The first-order valence-electron chi connectivity index (χ1n) is 8.01. The molecular weight excluding hydrogens is 318 g/mol. The molecule has 1 unspecified atom stereocenters. The second-order valence-electron chi connectivity index (χ2n) is 6.26. The summed E-state index contributed by atoms with van der Waals surface area (Å²) in [7, 11) is 0. The first-order valence-corrected chi connectivity index (χ1v) is 8.89. The maximum absolute atomic E-state index is 12.5. The second kappa shape index (κ2) is 8.29. The van der Waals surface area contributed by atoms with Gasteiger partial charge in [0.2, 0.25) is 5.91 Å². The smallest absolute Gasteiger partial charge is 0.237 e. The zero-order chi connectivity index (χ0) is 14.7. The fraction of sp³-hybridized carbons (Fsp3) is 0.688. The highest BCUT2D eigenvalue weighted by Crippen LogP contribution is 2.24. The molecule has 3 rings (SSSR count). The van der Waals surface area contributed by atoms with Crippen molar-refractivity contribution in [2.45, 2.75) is 32.2 Å². The Morgan fingerprint density at radius 1 is 1.41 bits per heavy atom. The highest BCUT2D eigenvalue weighted by Gasteiger charge is 2.25. The molecule has 1 saturated heterocycles. The van der Waals surface area contributed by atoms with Gasteiger partial charge in [-0.3, -0.25) is 9.69 Å². The number of nitrogens with two attached hydrogens (primary N) is 1. The van der Waals surface area contributed by atoms with Crippen LogP contribution in [0.25, 0.3) is 0 Å². The van der Waals surface area contributed by atoms with Gasteiger partial charge < -0.3 is 10.6 Å². The van der Waals surface area contributed by atoms with E-state index < -0.39 is 0 Å². The minimum atomic E-state index is 0. The average Bonchev–Trinajstić information content (AvgIpc) is 2.95. The molecule has 1 atom stereocenters. The van der Waals surface area contributed by atoms with E-state index in [-0.39, 0.29) is 12.4 Å². The number of carbonyl (C=O) groups is 1. The quantitative estimate of drug-likeness (QED) is 0.911. The van der Waals surface area contributed by atoms with Crippen molar-refractivity contribution in [3.8, 4) is 0 Å². The average molecular weight is 344 g/mol. The van der Waals surface area contributed by atoms with Gasteiger partial charge in [0.25, 0.3) is 0 Å². The summed E-state index contributed by atoms with van der Waals surface area (Å²) in [6.45, 7) is 5.13. The van der Waals surface area contributed by atoms with E-state index in [2.05, 4.69) is 16.3 Å². The van der Waals surface area contributed by atoms with Crippen LogP contribution in [0.4, 0.5) is 0 Å². The third-order valence-corrected chi connectivity index (χ3v) is 5.72. The molecule has 2 aliphatic heterocycles. The Bertz CT molecular complexity index is 491. The van der Waals surface area contributed by atoms with Gasteiger partial charge in [-0.05, 0) is 61.7 Å². The van der Waals surface area contributed by atoms with Crippen molar-refractivity contribution in [2.24, 2.45) is 11.7 Å². The Morgan fingerprint density at radius 2 is 2.27 bits per heavy atom. The molecule has 1 amide bonds. The molecule has 1 aromatic rings. The van der Waals surface area contributed by atoms with Gasteiger partial charge >= 0.3 is 0 Å². The minimum Gasteiger partial charge on any atom is -0.337 e. The van der Waals surface area contributed by atoms with E-state index in [1.54, 1.807) is 0 Å². The number of hydrogen-bond acceptors (Lipinski definition) is 4. The van der Waals surface area contributed by atoms with Gasteiger partial charge in [0.1, 0.15) is 0 Å². The molecule has 2 N–H and O–H groups in total. The largest absolute Gasteiger partial charge is 0.337 e. The van der Waals surface area contributed by atoms with E-state index in [0.717, 1.165) is 45.6 Å². The standard InChI is InChI=1S/C16H25N3OS.ClH/c17-6-3-13-2-1-7-18(10-13)12-16(20)19-8-4-15-14(11-19)5-9-21-15;/h5,9,13H,1-4,6-8,10-12,17H2;1H. The van der Waals surface area contributed by atoms with Crippen LogP contribution in [0.15, 0.2) is 11.4 Å². The lowest BCUT2D eigenvalue weighted by molar-refractivity contribution is -0.133. The van der Waals surface area contributed by atoms with Crippen LogP contribution in [-0.4, -0.2) is 48.4 Å². The molecule has 1 aromatic heterocycles.